The van der Waals surface area contributed by atoms with Crippen molar-refractivity contribution in [3.05, 3.63) is 0 Å². The van der Waals surface area contributed by atoms with Crippen molar-refractivity contribution in [2.24, 2.45) is 5.92 Å². The molecular weight excluding hydrogens is 216 g/mol. The summed E-state index contributed by atoms with van der Waals surface area (Å²) in [6, 6.07) is 0.209. The molecule has 1 heterocycles. The average Bonchev–Trinajstić information content (AvgIpc) is 2.29. The number of piperidine rings is 1. The van der Waals surface area contributed by atoms with E-state index in [0.29, 0.717) is 12.5 Å². The van der Waals surface area contributed by atoms with E-state index < -0.39 is 0 Å². The Morgan fingerprint density at radius 3 is 2.76 bits per heavy atom. The number of likely N-dealkylation sites (tertiary alicyclic amines) is 1. The maximum absolute atomic E-state index is 12.3. The van der Waals surface area contributed by atoms with Crippen LogP contribution in [0.4, 0.5) is 0 Å². The fourth-order valence-electron chi connectivity index (χ4n) is 2.48. The van der Waals surface area contributed by atoms with Gasteiger partial charge >= 0.3 is 0 Å². The Bertz CT molecular complexity index is 242. The summed E-state index contributed by atoms with van der Waals surface area (Å²) in [6.45, 7) is 8.68. The summed E-state index contributed by atoms with van der Waals surface area (Å²) >= 11 is 0. The molecule has 0 aromatic heterocycles. The van der Waals surface area contributed by atoms with Crippen molar-refractivity contribution < 1.29 is 9.53 Å². The maximum Gasteiger partial charge on any atom is 0.240 e. The molecule has 1 amide bonds. The van der Waals surface area contributed by atoms with Crippen molar-refractivity contribution >= 4 is 5.91 Å². The van der Waals surface area contributed by atoms with Gasteiger partial charge in [-0.1, -0.05) is 20.8 Å². The molecule has 1 aliphatic rings. The van der Waals surface area contributed by atoms with Crippen molar-refractivity contribution in [2.75, 3.05) is 26.8 Å². The first kappa shape index (κ1) is 14.5. The summed E-state index contributed by atoms with van der Waals surface area (Å²) in [5, 5.41) is 3.27. The highest BCUT2D eigenvalue weighted by molar-refractivity contribution is 5.83. The van der Waals surface area contributed by atoms with Gasteiger partial charge in [-0.2, -0.15) is 0 Å². The van der Waals surface area contributed by atoms with Crippen LogP contribution in [0.15, 0.2) is 0 Å². The molecule has 4 heteroatoms. The summed E-state index contributed by atoms with van der Waals surface area (Å²) < 4.78 is 5.25. The number of carbonyl (C=O) groups is 1. The Kier molecular flexibility index (Phi) is 5.92. The van der Waals surface area contributed by atoms with Crippen LogP contribution >= 0.6 is 0 Å². The second-order valence-electron chi connectivity index (χ2n) is 5.05. The molecule has 1 N–H and O–H groups in total. The van der Waals surface area contributed by atoms with Gasteiger partial charge in [0, 0.05) is 13.7 Å². The van der Waals surface area contributed by atoms with Crippen LogP contribution in [-0.4, -0.2) is 49.7 Å². The molecule has 0 radical (unpaired) electrons. The van der Waals surface area contributed by atoms with Gasteiger partial charge in [-0.3, -0.25) is 4.79 Å². The van der Waals surface area contributed by atoms with Gasteiger partial charge < -0.3 is 15.0 Å². The third-order valence-electron chi connectivity index (χ3n) is 3.43. The molecule has 1 aliphatic heterocycles. The minimum Gasteiger partial charge on any atom is -0.383 e. The number of nitrogens with one attached hydrogen (secondary N) is 1. The molecule has 0 aliphatic carbocycles. The third-order valence-corrected chi connectivity index (χ3v) is 3.43. The van der Waals surface area contributed by atoms with Gasteiger partial charge in [0.2, 0.25) is 5.91 Å². The van der Waals surface area contributed by atoms with E-state index in [9.17, 15) is 4.79 Å². The monoisotopic (exact) mass is 242 g/mol. The van der Waals surface area contributed by atoms with Crippen LogP contribution in [-0.2, 0) is 9.53 Å². The van der Waals surface area contributed by atoms with E-state index in [2.05, 4.69) is 19.2 Å². The second-order valence-corrected chi connectivity index (χ2v) is 5.05. The highest BCUT2D eigenvalue weighted by Crippen LogP contribution is 2.19. The molecule has 1 saturated heterocycles. The normalized spacial score (nSPS) is 23.2. The number of ether oxygens (including phenoxy) is 1. The first-order valence-electron chi connectivity index (χ1n) is 6.64. The van der Waals surface area contributed by atoms with Crippen molar-refractivity contribution in [3.8, 4) is 0 Å². The molecule has 0 aromatic carbocycles. The van der Waals surface area contributed by atoms with Crippen LogP contribution < -0.4 is 5.32 Å². The lowest BCUT2D eigenvalue weighted by Gasteiger charge is -2.39. The highest BCUT2D eigenvalue weighted by atomic mass is 16.5. The van der Waals surface area contributed by atoms with Gasteiger partial charge in [0.1, 0.15) is 0 Å². The molecule has 0 bridgehead atoms. The number of hydrogen-bond donors (Lipinski definition) is 1. The molecule has 0 spiro atoms. The minimum absolute atomic E-state index is 0.00635. The summed E-state index contributed by atoms with van der Waals surface area (Å²) in [7, 11) is 1.70. The van der Waals surface area contributed by atoms with Crippen LogP contribution in [0.2, 0.25) is 0 Å². The van der Waals surface area contributed by atoms with Crippen molar-refractivity contribution in [2.45, 2.75) is 45.7 Å². The topological polar surface area (TPSA) is 41.6 Å². The molecule has 17 heavy (non-hydrogen) atoms. The van der Waals surface area contributed by atoms with Gasteiger partial charge in [0.05, 0.1) is 18.7 Å². The largest absolute Gasteiger partial charge is 0.383 e. The lowest BCUT2D eigenvalue weighted by Crippen LogP contribution is -2.56. The molecule has 1 rings (SSSR count). The number of hydrogen-bond acceptors (Lipinski definition) is 3. The van der Waals surface area contributed by atoms with Crippen LogP contribution in [0.25, 0.3) is 0 Å². The number of methoxy groups -OCH3 is 1. The molecule has 0 saturated carbocycles. The molecule has 1 fully saturated rings. The predicted octanol–water partition coefficient (Wildman–Crippen LogP) is 1.26. The molecule has 4 nitrogen and oxygen atoms in total. The lowest BCUT2D eigenvalue weighted by molar-refractivity contribution is -0.141. The third kappa shape index (κ3) is 3.68. The van der Waals surface area contributed by atoms with Gasteiger partial charge in [-0.25, -0.2) is 0 Å². The molecule has 2 atom stereocenters. The van der Waals surface area contributed by atoms with E-state index in [4.69, 9.17) is 4.74 Å². The molecule has 2 unspecified atom stereocenters. The van der Waals surface area contributed by atoms with E-state index in [1.54, 1.807) is 7.11 Å². The van der Waals surface area contributed by atoms with Gasteiger partial charge in [-0.15, -0.1) is 0 Å². The Balaban J connectivity index is 2.69. The average molecular weight is 242 g/mol. The Morgan fingerprint density at radius 1 is 1.53 bits per heavy atom. The van der Waals surface area contributed by atoms with Crippen LogP contribution in [0.3, 0.4) is 0 Å². The first-order chi connectivity index (χ1) is 8.11. The van der Waals surface area contributed by atoms with Crippen LogP contribution in [0, 0.1) is 5.92 Å². The fraction of sp³-hybridized carbons (Fsp3) is 0.923. The standard InChI is InChI=1S/C13H26N2O2/c1-5-14-11-7-6-8-15(13(11)16)12(9-17-4)10(2)3/h10-12,14H,5-9H2,1-4H3. The van der Waals surface area contributed by atoms with E-state index in [-0.39, 0.29) is 18.0 Å². The molecule has 100 valence electrons. The van der Waals surface area contributed by atoms with Gasteiger partial charge in [0.25, 0.3) is 0 Å². The quantitative estimate of drug-likeness (QED) is 0.762. The Morgan fingerprint density at radius 2 is 2.24 bits per heavy atom. The number of likely N-dealkylation sites (N-methyl/N-ethyl adjacent to an activating group) is 1. The zero-order valence-corrected chi connectivity index (χ0v) is 11.5. The lowest BCUT2D eigenvalue weighted by atomic mass is 9.97. The fourth-order valence-corrected chi connectivity index (χ4v) is 2.48. The zero-order chi connectivity index (χ0) is 12.8. The van der Waals surface area contributed by atoms with Gasteiger partial charge in [0.15, 0.2) is 0 Å². The smallest absolute Gasteiger partial charge is 0.240 e. The number of carbonyl (C=O) groups excluding carboxylic acids is 1. The van der Waals surface area contributed by atoms with Gasteiger partial charge in [-0.05, 0) is 25.3 Å². The van der Waals surface area contributed by atoms with Crippen LogP contribution in [0.1, 0.15) is 33.6 Å². The summed E-state index contributed by atoms with van der Waals surface area (Å²) in [5.74, 6) is 0.674. The molecule has 0 aromatic rings. The van der Waals surface area contributed by atoms with Crippen molar-refractivity contribution in [1.29, 1.82) is 0 Å². The van der Waals surface area contributed by atoms with Crippen molar-refractivity contribution in [1.82, 2.24) is 10.2 Å². The molecular formula is C13H26N2O2. The van der Waals surface area contributed by atoms with Crippen molar-refractivity contribution in [3.63, 3.8) is 0 Å². The Hall–Kier alpha value is -0.610. The predicted molar refractivity (Wildman–Crippen MR) is 68.9 cm³/mol. The highest BCUT2D eigenvalue weighted by Gasteiger charge is 2.33. The number of rotatable bonds is 6. The Labute approximate surface area is 105 Å². The summed E-state index contributed by atoms with van der Waals surface area (Å²) in [6.07, 6.45) is 2.04. The second kappa shape index (κ2) is 6.97. The van der Waals surface area contributed by atoms with E-state index >= 15 is 0 Å². The van der Waals surface area contributed by atoms with E-state index in [1.165, 1.54) is 0 Å². The minimum atomic E-state index is 0.00635. The first-order valence-corrected chi connectivity index (χ1v) is 6.64. The summed E-state index contributed by atoms with van der Waals surface area (Å²) in [4.78, 5) is 14.3. The van der Waals surface area contributed by atoms with E-state index in [0.717, 1.165) is 25.9 Å². The number of nitrogens with zero attached hydrogens (tertiary/aromatic N) is 1. The zero-order valence-electron chi connectivity index (χ0n) is 11.5. The van der Waals surface area contributed by atoms with E-state index in [1.807, 2.05) is 11.8 Å². The number of amides is 1. The van der Waals surface area contributed by atoms with Crippen LogP contribution in [0.5, 0.6) is 0 Å². The summed E-state index contributed by atoms with van der Waals surface area (Å²) in [5.41, 5.74) is 0. The SMILES string of the molecule is CCNC1CCCN(C(COC)C(C)C)C1=O. The maximum atomic E-state index is 12.3.